The van der Waals surface area contributed by atoms with Gasteiger partial charge < -0.3 is 10.2 Å². The Morgan fingerprint density at radius 1 is 0.815 bits per heavy atom. The number of aromatic hydroxyl groups is 2. The molecule has 1 aromatic heterocycles. The Bertz CT molecular complexity index is 499. The average Bonchev–Trinajstić information content (AvgIpc) is 3.00. The molecule has 0 aromatic carbocycles. The van der Waals surface area contributed by atoms with Crippen LogP contribution in [-0.4, -0.2) is 14.8 Å². The van der Waals surface area contributed by atoms with Gasteiger partial charge in [0.2, 0.25) is 0 Å². The summed E-state index contributed by atoms with van der Waals surface area (Å²) in [5.41, 5.74) is 1.19. The van der Waals surface area contributed by atoms with Crippen molar-refractivity contribution in [2.45, 2.75) is 117 Å². The van der Waals surface area contributed by atoms with E-state index in [2.05, 4.69) is 19.9 Å². The highest BCUT2D eigenvalue weighted by molar-refractivity contribution is 5.27. The maximum Gasteiger partial charge on any atom is 0.194 e. The summed E-state index contributed by atoms with van der Waals surface area (Å²) < 4.78 is 1.65. The Hall–Kier alpha value is -1.38. The molecule has 1 atom stereocenters. The van der Waals surface area contributed by atoms with Gasteiger partial charge in [0, 0.05) is 12.1 Å². The summed E-state index contributed by atoms with van der Waals surface area (Å²) in [5, 5.41) is 20.1. The van der Waals surface area contributed by atoms with Crippen LogP contribution in [0.4, 0.5) is 0 Å². The Kier molecular flexibility index (Phi) is 12.8. The van der Waals surface area contributed by atoms with Gasteiger partial charge in [-0.05, 0) is 20.3 Å². The van der Waals surface area contributed by atoms with Crippen molar-refractivity contribution in [1.82, 2.24) is 4.57 Å². The molecule has 156 valence electrons. The van der Waals surface area contributed by atoms with Gasteiger partial charge in [-0.15, -0.1) is 0 Å². The third kappa shape index (κ3) is 9.39. The number of aromatic nitrogens is 1. The molecule has 0 amide bonds. The van der Waals surface area contributed by atoms with Crippen LogP contribution in [0.1, 0.15) is 117 Å². The minimum Gasteiger partial charge on any atom is -0.494 e. The lowest BCUT2D eigenvalue weighted by molar-refractivity contribution is 0.336. The molecule has 1 rings (SSSR count). The van der Waals surface area contributed by atoms with Crippen molar-refractivity contribution in [3.63, 3.8) is 0 Å². The smallest absolute Gasteiger partial charge is 0.194 e. The molecule has 1 heterocycles. The average molecular weight is 378 g/mol. The van der Waals surface area contributed by atoms with E-state index in [0.717, 1.165) is 12.8 Å². The number of hydrogen-bond acceptors (Lipinski definition) is 2. The molecular weight excluding hydrogens is 334 g/mol. The number of nitrogens with zero attached hydrogens (tertiary/aromatic N) is 1. The van der Waals surface area contributed by atoms with E-state index >= 15 is 0 Å². The number of hydrogen-bond donors (Lipinski definition) is 2. The summed E-state index contributed by atoms with van der Waals surface area (Å²) in [4.78, 5) is 0. The van der Waals surface area contributed by atoms with Crippen molar-refractivity contribution in [1.29, 1.82) is 0 Å². The zero-order valence-corrected chi connectivity index (χ0v) is 18.1. The van der Waals surface area contributed by atoms with Gasteiger partial charge in [-0.25, -0.2) is 0 Å². The quantitative estimate of drug-likeness (QED) is 0.227. The van der Waals surface area contributed by atoms with Crippen molar-refractivity contribution in [3.8, 4) is 11.8 Å². The van der Waals surface area contributed by atoms with E-state index in [1.165, 1.54) is 82.6 Å². The van der Waals surface area contributed by atoms with Crippen LogP contribution in [0, 0.1) is 0 Å². The van der Waals surface area contributed by atoms with Crippen LogP contribution in [-0.2, 0) is 0 Å². The molecule has 2 N–H and O–H groups in total. The van der Waals surface area contributed by atoms with Crippen molar-refractivity contribution >= 4 is 0 Å². The highest BCUT2D eigenvalue weighted by Gasteiger charge is 2.18. The standard InChI is InChI=1S/C24H43NO2/c1-4-6-7-8-9-10-11-12-13-14-15-16-17-18-22(21(3)5-2)25-23(26)19-20-24(25)27/h5,19-20,22,26-27H,4,6-18H2,1-3H3. The molecule has 0 bridgehead atoms. The molecule has 0 spiro atoms. The minimum atomic E-state index is 0.0534. The van der Waals surface area contributed by atoms with Crippen LogP contribution in [0.25, 0.3) is 0 Å². The maximum atomic E-state index is 10.0. The van der Waals surface area contributed by atoms with Gasteiger partial charge in [0.05, 0.1) is 6.04 Å². The van der Waals surface area contributed by atoms with Gasteiger partial charge >= 0.3 is 0 Å². The topological polar surface area (TPSA) is 45.4 Å². The second-order valence-corrected chi connectivity index (χ2v) is 8.00. The fraction of sp³-hybridized carbons (Fsp3) is 0.750. The molecule has 0 aliphatic carbocycles. The van der Waals surface area contributed by atoms with Gasteiger partial charge in [0.1, 0.15) is 0 Å². The van der Waals surface area contributed by atoms with E-state index in [0.29, 0.717) is 0 Å². The molecule has 27 heavy (non-hydrogen) atoms. The molecule has 1 aromatic rings. The second-order valence-electron chi connectivity index (χ2n) is 8.00. The first-order valence-electron chi connectivity index (χ1n) is 11.3. The van der Waals surface area contributed by atoms with Gasteiger partial charge in [-0.1, -0.05) is 102 Å². The normalized spacial score (nSPS) is 13.2. The third-order valence-electron chi connectivity index (χ3n) is 5.75. The van der Waals surface area contributed by atoms with Crippen LogP contribution in [0.2, 0.25) is 0 Å². The zero-order chi connectivity index (χ0) is 19.9. The Balaban J connectivity index is 2.12. The Labute approximate surface area is 167 Å². The van der Waals surface area contributed by atoms with Crippen molar-refractivity contribution in [3.05, 3.63) is 23.8 Å². The fourth-order valence-corrected chi connectivity index (χ4v) is 3.85. The van der Waals surface area contributed by atoms with Crippen molar-refractivity contribution < 1.29 is 10.2 Å². The first-order valence-corrected chi connectivity index (χ1v) is 11.3. The SMILES string of the molecule is CC=C(C)C(CCCCCCCCCCCCCCC)n1c(O)ccc1O. The molecule has 0 fully saturated rings. The van der Waals surface area contributed by atoms with Crippen LogP contribution < -0.4 is 0 Å². The van der Waals surface area contributed by atoms with Crippen LogP contribution >= 0.6 is 0 Å². The highest BCUT2D eigenvalue weighted by Crippen LogP contribution is 2.34. The predicted octanol–water partition coefficient (Wildman–Crippen LogP) is 7.89. The van der Waals surface area contributed by atoms with Crippen LogP contribution in [0.15, 0.2) is 23.8 Å². The molecule has 0 aliphatic heterocycles. The summed E-state index contributed by atoms with van der Waals surface area (Å²) >= 11 is 0. The molecule has 3 nitrogen and oxygen atoms in total. The van der Waals surface area contributed by atoms with Gasteiger partial charge in [0.25, 0.3) is 0 Å². The molecule has 0 saturated carbocycles. The minimum absolute atomic E-state index is 0.0534. The zero-order valence-electron chi connectivity index (χ0n) is 18.1. The molecular formula is C24H43NO2. The lowest BCUT2D eigenvalue weighted by atomic mass is 9.99. The number of rotatable bonds is 16. The van der Waals surface area contributed by atoms with E-state index in [-0.39, 0.29) is 17.8 Å². The monoisotopic (exact) mass is 377 g/mol. The Morgan fingerprint density at radius 3 is 1.63 bits per heavy atom. The summed E-state index contributed by atoms with van der Waals surface area (Å²) in [6.07, 6.45) is 20.6. The lowest BCUT2D eigenvalue weighted by Gasteiger charge is -2.21. The maximum absolute atomic E-state index is 10.0. The van der Waals surface area contributed by atoms with Crippen LogP contribution in [0.3, 0.4) is 0 Å². The van der Waals surface area contributed by atoms with E-state index in [1.54, 1.807) is 16.7 Å². The molecule has 3 heteroatoms. The first kappa shape index (κ1) is 23.7. The van der Waals surface area contributed by atoms with Gasteiger partial charge in [-0.3, -0.25) is 4.57 Å². The molecule has 0 aliphatic rings. The van der Waals surface area contributed by atoms with Crippen LogP contribution in [0.5, 0.6) is 11.8 Å². The van der Waals surface area contributed by atoms with Crippen molar-refractivity contribution in [2.24, 2.45) is 0 Å². The number of unbranched alkanes of at least 4 members (excludes halogenated alkanes) is 12. The van der Waals surface area contributed by atoms with E-state index < -0.39 is 0 Å². The second kappa shape index (κ2) is 14.6. The largest absolute Gasteiger partial charge is 0.494 e. The van der Waals surface area contributed by atoms with E-state index in [4.69, 9.17) is 0 Å². The van der Waals surface area contributed by atoms with Crippen molar-refractivity contribution in [2.75, 3.05) is 0 Å². The summed E-state index contributed by atoms with van der Waals surface area (Å²) in [6, 6.07) is 3.18. The molecule has 0 radical (unpaired) electrons. The van der Waals surface area contributed by atoms with Gasteiger partial charge in [0.15, 0.2) is 11.8 Å². The lowest BCUT2D eigenvalue weighted by Crippen LogP contribution is -2.09. The summed E-state index contributed by atoms with van der Waals surface area (Å²) in [7, 11) is 0. The third-order valence-corrected chi connectivity index (χ3v) is 5.75. The van der Waals surface area contributed by atoms with E-state index in [9.17, 15) is 10.2 Å². The number of allylic oxidation sites excluding steroid dienone is 2. The van der Waals surface area contributed by atoms with E-state index in [1.807, 2.05) is 6.92 Å². The fourth-order valence-electron chi connectivity index (χ4n) is 3.85. The van der Waals surface area contributed by atoms with Gasteiger partial charge in [-0.2, -0.15) is 0 Å². The highest BCUT2D eigenvalue weighted by atomic mass is 16.3. The molecule has 0 saturated heterocycles. The predicted molar refractivity (Wildman–Crippen MR) is 117 cm³/mol. The first-order chi connectivity index (χ1) is 13.1. The summed E-state index contributed by atoms with van der Waals surface area (Å²) in [6.45, 7) is 6.37. The molecule has 1 unspecified atom stereocenters. The Morgan fingerprint density at radius 2 is 1.22 bits per heavy atom. The summed E-state index contributed by atoms with van der Waals surface area (Å²) in [5.74, 6) is 0.293.